The number of hydrogen-bond donors (Lipinski definition) is 6. The van der Waals surface area contributed by atoms with Crippen molar-refractivity contribution in [3.8, 4) is 0 Å². The van der Waals surface area contributed by atoms with Gasteiger partial charge in [0.1, 0.15) is 25.3 Å². The van der Waals surface area contributed by atoms with Crippen molar-refractivity contribution in [1.29, 1.82) is 0 Å². The van der Waals surface area contributed by atoms with Crippen LogP contribution in [0, 0.1) is 5.92 Å². The summed E-state index contributed by atoms with van der Waals surface area (Å²) in [5, 5.41) is 7.37. The third kappa shape index (κ3) is 14.2. The fourth-order valence-corrected chi connectivity index (χ4v) is 22.4. The lowest BCUT2D eigenvalue weighted by molar-refractivity contribution is -0.00226. The normalized spacial score (nSPS) is 20.5. The highest BCUT2D eigenvalue weighted by Crippen LogP contribution is 2.44. The smallest absolute Gasteiger partial charge is 0.250 e. The maximum absolute atomic E-state index is 13.3. The van der Waals surface area contributed by atoms with Crippen molar-refractivity contribution >= 4 is 93.6 Å². The molecule has 0 amide bonds. The van der Waals surface area contributed by atoms with Gasteiger partial charge in [-0.3, -0.25) is 0 Å². The molecule has 5 rings (SSSR count). The van der Waals surface area contributed by atoms with Crippen LogP contribution in [-0.4, -0.2) is 145 Å². The topological polar surface area (TPSA) is 305 Å². The van der Waals surface area contributed by atoms with Crippen molar-refractivity contribution in [2.75, 3.05) is 78.9 Å². The Hall–Kier alpha value is -1.56. The van der Waals surface area contributed by atoms with Gasteiger partial charge in [-0.05, 0) is 83.9 Å². The number of fused-ring (bicyclic) bond motifs is 2. The molecule has 0 saturated carbocycles. The molecule has 0 spiro atoms. The number of thiophene rings is 3. The van der Waals surface area contributed by atoms with Crippen molar-refractivity contribution < 1.29 is 64.7 Å². The second-order valence-corrected chi connectivity index (χ2v) is 34.0. The summed E-state index contributed by atoms with van der Waals surface area (Å²) in [6.45, 7) is 12.7. The molecule has 2 aliphatic heterocycles. The molecule has 21 nitrogen and oxygen atoms in total. The van der Waals surface area contributed by atoms with E-state index in [0.717, 1.165) is 0 Å². The minimum atomic E-state index is -4.14. The number of sulfonamides is 3. The molecule has 0 fully saturated rings. The summed E-state index contributed by atoms with van der Waals surface area (Å²) in [7, 11) is -23.6. The van der Waals surface area contributed by atoms with E-state index in [9.17, 15) is 50.5 Å². The molecule has 30 heteroatoms. The molecule has 0 radical (unpaired) electrons. The summed E-state index contributed by atoms with van der Waals surface area (Å²) in [5.74, 6) is -0.530. The molecule has 0 aromatic carbocycles. The van der Waals surface area contributed by atoms with Gasteiger partial charge in [-0.15, -0.1) is 34.0 Å². The van der Waals surface area contributed by atoms with Crippen molar-refractivity contribution in [2.45, 2.75) is 121 Å². The molecule has 0 bridgehead atoms. The highest BCUT2D eigenvalue weighted by atomic mass is 32.3. The molecule has 2 aliphatic rings. The average molecular weight is 1160 g/mol. The standard InChI is InChI=1S/C40H66N6O15S9/c1-8-41-22-30-19-35(62-38(30)65(47,48)26(4)5)68(53,54)44-11-14-59-23-29(24-60-15-12-45-69(55,56)36-20-31-33(42-9-2)17-27(6)66(49,50)39(31)63-36)25-61-16-13-46-70(57,58)37-21-32-34(43-10-3)18-28(7)67(51,52)40(32)64-37/h19-21,26-29,33-34,41-46H,8-18,22-25H2,1-7H3/t27-,28-,33-,34-/m0/s1. The van der Waals surface area contributed by atoms with E-state index in [0.29, 0.717) is 83.2 Å². The predicted octanol–water partition coefficient (Wildman–Crippen LogP) is 2.50. The van der Waals surface area contributed by atoms with Crippen LogP contribution >= 0.6 is 34.0 Å². The van der Waals surface area contributed by atoms with Crippen molar-refractivity contribution in [1.82, 2.24) is 30.1 Å². The van der Waals surface area contributed by atoms with E-state index in [4.69, 9.17) is 14.2 Å². The Balaban J connectivity index is 1.19. The van der Waals surface area contributed by atoms with Crippen LogP contribution in [0.2, 0.25) is 0 Å². The summed E-state index contributed by atoms with van der Waals surface area (Å²) in [6, 6.07) is 3.49. The molecule has 0 aliphatic carbocycles. The number of sulfone groups is 3. The lowest BCUT2D eigenvalue weighted by atomic mass is 10.1. The molecule has 5 heterocycles. The summed E-state index contributed by atoms with van der Waals surface area (Å²) in [6.07, 6.45) is 0.618. The van der Waals surface area contributed by atoms with Crippen LogP contribution in [0.5, 0.6) is 0 Å². The third-order valence-electron chi connectivity index (χ3n) is 11.4. The first-order valence-electron chi connectivity index (χ1n) is 22.8. The van der Waals surface area contributed by atoms with Gasteiger partial charge in [-0.2, -0.15) is 0 Å². The Morgan fingerprint density at radius 2 is 0.986 bits per heavy atom. The molecular weight excluding hydrogens is 1090 g/mol. The maximum Gasteiger partial charge on any atom is 0.250 e. The van der Waals surface area contributed by atoms with Gasteiger partial charge < -0.3 is 30.2 Å². The number of hydrogen-bond acceptors (Lipinski definition) is 21. The number of ether oxygens (including phenoxy) is 3. The van der Waals surface area contributed by atoms with Crippen molar-refractivity contribution in [3.05, 3.63) is 34.9 Å². The Kier molecular flexibility index (Phi) is 21.1. The van der Waals surface area contributed by atoms with Gasteiger partial charge in [0, 0.05) is 55.3 Å². The Morgan fingerprint density at radius 3 is 1.34 bits per heavy atom. The molecule has 0 unspecified atom stereocenters. The summed E-state index contributed by atoms with van der Waals surface area (Å²) in [4.78, 5) is 0. The predicted molar refractivity (Wildman–Crippen MR) is 270 cm³/mol. The van der Waals surface area contributed by atoms with Gasteiger partial charge >= 0.3 is 0 Å². The molecule has 4 atom stereocenters. The first-order valence-corrected chi connectivity index (χ1v) is 34.3. The minimum Gasteiger partial charge on any atom is -0.380 e. The van der Waals surface area contributed by atoms with E-state index < -0.39 is 81.2 Å². The van der Waals surface area contributed by atoms with Gasteiger partial charge in [0.15, 0.2) is 29.5 Å². The minimum absolute atomic E-state index is 0.0228. The quantitative estimate of drug-likeness (QED) is 0.0523. The zero-order valence-electron chi connectivity index (χ0n) is 40.1. The summed E-state index contributed by atoms with van der Waals surface area (Å²) in [5.41, 5.74) is 1.19. The Morgan fingerprint density at radius 1 is 0.600 bits per heavy atom. The van der Waals surface area contributed by atoms with Gasteiger partial charge in [-0.1, -0.05) is 20.8 Å². The molecule has 3 aromatic rings. The van der Waals surface area contributed by atoms with Gasteiger partial charge in [0.25, 0.3) is 0 Å². The largest absolute Gasteiger partial charge is 0.380 e. The summed E-state index contributed by atoms with van der Waals surface area (Å²) < 4.78 is 183. The molecule has 400 valence electrons. The highest BCUT2D eigenvalue weighted by molar-refractivity contribution is 7.97. The fourth-order valence-electron chi connectivity index (χ4n) is 7.55. The average Bonchev–Trinajstić information content (AvgIpc) is 4.06. The van der Waals surface area contributed by atoms with Crippen LogP contribution in [-0.2, 0) is 80.3 Å². The van der Waals surface area contributed by atoms with E-state index in [1.54, 1.807) is 13.8 Å². The van der Waals surface area contributed by atoms with Crippen LogP contribution < -0.4 is 30.1 Å². The number of nitrogens with one attached hydrogen (secondary N) is 6. The van der Waals surface area contributed by atoms with Gasteiger partial charge in [0.05, 0.1) is 55.4 Å². The van der Waals surface area contributed by atoms with E-state index in [1.807, 2.05) is 20.8 Å². The van der Waals surface area contributed by atoms with Gasteiger partial charge in [0.2, 0.25) is 30.1 Å². The van der Waals surface area contributed by atoms with E-state index in [1.165, 1.54) is 32.0 Å². The fraction of sp³-hybridized carbons (Fsp3) is 0.700. The van der Waals surface area contributed by atoms with Crippen molar-refractivity contribution in [3.63, 3.8) is 0 Å². The monoisotopic (exact) mass is 1160 g/mol. The zero-order valence-corrected chi connectivity index (χ0v) is 47.4. The molecule has 6 N–H and O–H groups in total. The Bertz CT molecular complexity index is 2800. The molecule has 3 aromatic heterocycles. The van der Waals surface area contributed by atoms with E-state index in [2.05, 4.69) is 30.1 Å². The van der Waals surface area contributed by atoms with E-state index >= 15 is 0 Å². The first kappa shape index (κ1) is 59.3. The van der Waals surface area contributed by atoms with Crippen molar-refractivity contribution in [2.24, 2.45) is 5.92 Å². The van der Waals surface area contributed by atoms with Crippen LogP contribution in [0.3, 0.4) is 0 Å². The van der Waals surface area contributed by atoms with Crippen LogP contribution in [0.1, 0.15) is 90.1 Å². The van der Waals surface area contributed by atoms with E-state index in [-0.39, 0.29) is 103 Å². The van der Waals surface area contributed by atoms with Crippen LogP contribution in [0.15, 0.2) is 43.5 Å². The third-order valence-corrected chi connectivity index (χ3v) is 29.0. The highest BCUT2D eigenvalue weighted by Gasteiger charge is 2.41. The zero-order chi connectivity index (χ0) is 51.9. The Labute approximate surface area is 425 Å². The lowest BCUT2D eigenvalue weighted by Gasteiger charge is -2.27. The maximum atomic E-state index is 13.3. The first-order chi connectivity index (χ1) is 32.7. The second kappa shape index (κ2) is 24.9. The molecule has 0 saturated heterocycles. The number of rotatable bonds is 30. The second-order valence-electron chi connectivity index (χ2n) is 17.1. The molecular formula is C40H66N6O15S9. The SMILES string of the molecule is CCNCc1cc(S(=O)(=O)NCCOCC(COCCNS(=O)(=O)c2cc3c(s2)S(=O)(=O)[C@@H](C)C[C@@H]3NCC)COCCNS(=O)(=O)c2cc3c(s2)S(=O)(=O)[C@@H](C)C[C@@H]3NCC)sc1S(=O)(=O)C(C)C. The van der Waals surface area contributed by atoms with Gasteiger partial charge in [-0.25, -0.2) is 64.7 Å². The van der Waals surface area contributed by atoms with Crippen LogP contribution in [0.4, 0.5) is 0 Å². The van der Waals surface area contributed by atoms with Crippen LogP contribution in [0.25, 0.3) is 0 Å². The molecule has 70 heavy (non-hydrogen) atoms. The summed E-state index contributed by atoms with van der Waals surface area (Å²) >= 11 is 2.08. The lowest BCUT2D eigenvalue weighted by Crippen LogP contribution is -2.33.